The number of hydrogen-bond acceptors (Lipinski definition) is 4. The van der Waals surface area contributed by atoms with E-state index in [2.05, 4.69) is 4.99 Å². The van der Waals surface area contributed by atoms with E-state index in [0.717, 1.165) is 16.6 Å². The lowest BCUT2D eigenvalue weighted by Crippen LogP contribution is -2.24. The standard InChI is InChI=1S/C19H20N4O2/c1-13(21-2)23-16-11-17(19(24)25-3)22(15(16)9-10-18(23)20)12-14-7-5-4-6-8-14/h4-11,20H,12H2,1-3H3. The first-order valence-corrected chi connectivity index (χ1v) is 7.92. The zero-order valence-electron chi connectivity index (χ0n) is 14.5. The molecule has 0 atom stereocenters. The minimum absolute atomic E-state index is 0.309. The maximum absolute atomic E-state index is 12.3. The maximum Gasteiger partial charge on any atom is 0.354 e. The number of hydrogen-bond donors (Lipinski definition) is 1. The number of benzene rings is 1. The van der Waals surface area contributed by atoms with E-state index >= 15 is 0 Å². The molecule has 0 amide bonds. The van der Waals surface area contributed by atoms with Crippen LogP contribution in [0.1, 0.15) is 23.0 Å². The number of nitrogens with zero attached hydrogens (tertiary/aromatic N) is 3. The van der Waals surface area contributed by atoms with Crippen molar-refractivity contribution >= 4 is 22.8 Å². The van der Waals surface area contributed by atoms with Crippen LogP contribution in [0.25, 0.3) is 11.0 Å². The SMILES string of the molecule is CN=C(C)n1c(=N)ccc2c1cc(C(=O)OC)n2Cc1ccccc1. The zero-order valence-corrected chi connectivity index (χ0v) is 14.5. The van der Waals surface area contributed by atoms with Gasteiger partial charge in [0.25, 0.3) is 0 Å². The summed E-state index contributed by atoms with van der Waals surface area (Å²) in [4.78, 5) is 16.5. The molecule has 25 heavy (non-hydrogen) atoms. The molecule has 0 fully saturated rings. The Kier molecular flexibility index (Phi) is 4.52. The van der Waals surface area contributed by atoms with Crippen LogP contribution in [-0.4, -0.2) is 35.1 Å². The highest BCUT2D eigenvalue weighted by Gasteiger charge is 2.19. The molecule has 2 heterocycles. The molecular weight excluding hydrogens is 316 g/mol. The van der Waals surface area contributed by atoms with Gasteiger partial charge in [0.05, 0.1) is 18.1 Å². The summed E-state index contributed by atoms with van der Waals surface area (Å²) in [6.07, 6.45) is 0. The molecule has 3 aromatic rings. The second-order valence-corrected chi connectivity index (χ2v) is 5.69. The Morgan fingerprint density at radius 3 is 2.52 bits per heavy atom. The average Bonchev–Trinajstić information content (AvgIpc) is 2.99. The van der Waals surface area contributed by atoms with E-state index in [-0.39, 0.29) is 0 Å². The molecule has 0 saturated carbocycles. The molecule has 0 aliphatic carbocycles. The fraction of sp³-hybridized carbons (Fsp3) is 0.211. The molecule has 2 aromatic heterocycles. The van der Waals surface area contributed by atoms with Crippen LogP contribution in [-0.2, 0) is 11.3 Å². The van der Waals surface area contributed by atoms with Gasteiger partial charge in [-0.25, -0.2) is 4.79 Å². The smallest absolute Gasteiger partial charge is 0.354 e. The van der Waals surface area contributed by atoms with Crippen LogP contribution in [0.3, 0.4) is 0 Å². The van der Waals surface area contributed by atoms with Crippen LogP contribution in [0.2, 0.25) is 0 Å². The summed E-state index contributed by atoms with van der Waals surface area (Å²) in [7, 11) is 3.05. The van der Waals surface area contributed by atoms with E-state index in [4.69, 9.17) is 10.1 Å². The highest BCUT2D eigenvalue weighted by molar-refractivity contribution is 5.98. The van der Waals surface area contributed by atoms with Crippen LogP contribution in [0.5, 0.6) is 0 Å². The molecule has 128 valence electrons. The Bertz CT molecular complexity index is 1010. The van der Waals surface area contributed by atoms with Gasteiger partial charge in [-0.2, -0.15) is 0 Å². The Labute approximate surface area is 145 Å². The van der Waals surface area contributed by atoms with Gasteiger partial charge in [0.15, 0.2) is 0 Å². The molecule has 3 rings (SSSR count). The van der Waals surface area contributed by atoms with Gasteiger partial charge in [-0.3, -0.25) is 15.0 Å². The molecular formula is C19H20N4O2. The highest BCUT2D eigenvalue weighted by atomic mass is 16.5. The fourth-order valence-corrected chi connectivity index (χ4v) is 2.92. The third-order valence-corrected chi connectivity index (χ3v) is 4.22. The predicted molar refractivity (Wildman–Crippen MR) is 97.1 cm³/mol. The quantitative estimate of drug-likeness (QED) is 0.454. The van der Waals surface area contributed by atoms with Crippen molar-refractivity contribution in [2.75, 3.05) is 14.2 Å². The highest BCUT2D eigenvalue weighted by Crippen LogP contribution is 2.21. The zero-order chi connectivity index (χ0) is 18.0. The van der Waals surface area contributed by atoms with Gasteiger partial charge < -0.3 is 9.30 Å². The summed E-state index contributed by atoms with van der Waals surface area (Å²) in [5.74, 6) is 0.278. The van der Waals surface area contributed by atoms with Crippen molar-refractivity contribution in [3.05, 3.63) is 65.3 Å². The summed E-state index contributed by atoms with van der Waals surface area (Å²) in [5, 5.41) is 8.20. The molecule has 0 spiro atoms. The van der Waals surface area contributed by atoms with Gasteiger partial charge in [-0.1, -0.05) is 30.3 Å². The molecule has 6 nitrogen and oxygen atoms in total. The van der Waals surface area contributed by atoms with Crippen LogP contribution in [0.4, 0.5) is 0 Å². The van der Waals surface area contributed by atoms with Gasteiger partial charge in [0.2, 0.25) is 0 Å². The van der Waals surface area contributed by atoms with Gasteiger partial charge >= 0.3 is 5.97 Å². The molecule has 0 aliphatic heterocycles. The van der Waals surface area contributed by atoms with E-state index < -0.39 is 5.97 Å². The number of nitrogens with one attached hydrogen (secondary N) is 1. The van der Waals surface area contributed by atoms with Gasteiger partial charge in [0, 0.05) is 13.6 Å². The second-order valence-electron chi connectivity index (χ2n) is 5.69. The van der Waals surface area contributed by atoms with Crippen molar-refractivity contribution in [2.24, 2.45) is 4.99 Å². The molecule has 1 aromatic carbocycles. The van der Waals surface area contributed by atoms with Crippen molar-refractivity contribution in [3.8, 4) is 0 Å². The number of carbonyl (C=O) groups excluding carboxylic acids is 1. The first-order chi connectivity index (χ1) is 12.1. The molecule has 0 radical (unpaired) electrons. The number of pyridine rings is 1. The van der Waals surface area contributed by atoms with Crippen LogP contribution in [0.15, 0.2) is 53.5 Å². The normalized spacial score (nSPS) is 11.7. The minimum Gasteiger partial charge on any atom is -0.464 e. The Hall–Kier alpha value is -3.15. The largest absolute Gasteiger partial charge is 0.464 e. The van der Waals surface area contributed by atoms with Crippen molar-refractivity contribution < 1.29 is 9.53 Å². The monoisotopic (exact) mass is 336 g/mol. The summed E-state index contributed by atoms with van der Waals surface area (Å²) in [6.45, 7) is 2.37. The van der Waals surface area contributed by atoms with E-state index in [0.29, 0.717) is 23.6 Å². The molecule has 6 heteroatoms. The lowest BCUT2D eigenvalue weighted by molar-refractivity contribution is 0.0589. The van der Waals surface area contributed by atoms with Crippen molar-refractivity contribution in [2.45, 2.75) is 13.5 Å². The Balaban J connectivity index is 2.30. The van der Waals surface area contributed by atoms with Crippen LogP contribution in [0, 0.1) is 5.41 Å². The number of rotatable bonds is 3. The van der Waals surface area contributed by atoms with Crippen molar-refractivity contribution in [1.29, 1.82) is 5.41 Å². The predicted octanol–water partition coefficient (Wildman–Crippen LogP) is 2.65. The fourth-order valence-electron chi connectivity index (χ4n) is 2.92. The maximum atomic E-state index is 12.3. The number of aromatic nitrogens is 2. The molecule has 0 aliphatic rings. The number of methoxy groups -OCH3 is 1. The summed E-state index contributed by atoms with van der Waals surface area (Å²) in [6, 6.07) is 15.2. The number of esters is 1. The first-order valence-electron chi connectivity index (χ1n) is 7.92. The molecule has 1 N–H and O–H groups in total. The number of carbonyl (C=O) groups is 1. The van der Waals surface area contributed by atoms with E-state index in [1.54, 1.807) is 23.7 Å². The van der Waals surface area contributed by atoms with Crippen molar-refractivity contribution in [1.82, 2.24) is 9.13 Å². The average molecular weight is 336 g/mol. The lowest BCUT2D eigenvalue weighted by atomic mass is 10.2. The van der Waals surface area contributed by atoms with E-state index in [1.807, 2.05) is 47.9 Å². The minimum atomic E-state index is -0.406. The lowest BCUT2D eigenvalue weighted by Gasteiger charge is -2.11. The molecule has 0 unspecified atom stereocenters. The van der Waals surface area contributed by atoms with Crippen molar-refractivity contribution in [3.63, 3.8) is 0 Å². The third-order valence-electron chi connectivity index (χ3n) is 4.22. The van der Waals surface area contributed by atoms with E-state index in [1.165, 1.54) is 7.11 Å². The summed E-state index contributed by atoms with van der Waals surface area (Å²) in [5.41, 5.74) is 3.44. The molecule has 0 saturated heterocycles. The molecule has 0 bridgehead atoms. The topological polar surface area (TPSA) is 72.4 Å². The Morgan fingerprint density at radius 2 is 1.88 bits per heavy atom. The van der Waals surface area contributed by atoms with Gasteiger partial charge in [-0.15, -0.1) is 0 Å². The van der Waals surface area contributed by atoms with Gasteiger partial charge in [0.1, 0.15) is 17.0 Å². The van der Waals surface area contributed by atoms with Crippen LogP contribution >= 0.6 is 0 Å². The van der Waals surface area contributed by atoms with E-state index in [9.17, 15) is 4.79 Å². The number of ether oxygens (including phenoxy) is 1. The first kappa shape index (κ1) is 16.7. The van der Waals surface area contributed by atoms with Gasteiger partial charge in [-0.05, 0) is 30.7 Å². The number of fused-ring (bicyclic) bond motifs is 1. The Morgan fingerprint density at radius 1 is 1.16 bits per heavy atom. The summed E-state index contributed by atoms with van der Waals surface area (Å²) < 4.78 is 8.59. The number of aliphatic imine (C=N–C) groups is 1. The third kappa shape index (κ3) is 2.98. The second kappa shape index (κ2) is 6.76. The summed E-state index contributed by atoms with van der Waals surface area (Å²) >= 11 is 0. The van der Waals surface area contributed by atoms with Crippen LogP contribution < -0.4 is 5.49 Å².